The van der Waals surface area contributed by atoms with E-state index in [1.807, 2.05) is 6.07 Å². The van der Waals surface area contributed by atoms with Gasteiger partial charge < -0.3 is 10.3 Å². The highest BCUT2D eigenvalue weighted by Crippen LogP contribution is 2.14. The lowest BCUT2D eigenvalue weighted by Crippen LogP contribution is -2.09. The molecular weight excluding hydrogens is 233 g/mol. The maximum atomic E-state index is 13.0. The number of nitrogens with zero attached hydrogens (tertiary/aromatic N) is 2. The van der Waals surface area contributed by atoms with Gasteiger partial charge in [0.05, 0.1) is 6.04 Å². The van der Waals surface area contributed by atoms with Gasteiger partial charge in [-0.15, -0.1) is 6.58 Å². The molecule has 0 saturated carbocycles. The topological polar surface area (TPSA) is 64.9 Å². The summed E-state index contributed by atoms with van der Waals surface area (Å²) in [6, 6.07) is 5.96. The number of nitrogens with two attached hydrogens (primary N) is 1. The van der Waals surface area contributed by atoms with Crippen LogP contribution >= 0.6 is 0 Å². The van der Waals surface area contributed by atoms with Crippen molar-refractivity contribution in [1.29, 1.82) is 0 Å². The number of hydrogen-bond donors (Lipinski definition) is 1. The highest BCUT2D eigenvalue weighted by atomic mass is 19.1. The van der Waals surface area contributed by atoms with Gasteiger partial charge in [-0.1, -0.05) is 23.4 Å². The first-order valence-corrected chi connectivity index (χ1v) is 5.62. The van der Waals surface area contributed by atoms with Gasteiger partial charge in [-0.05, 0) is 24.1 Å². The van der Waals surface area contributed by atoms with Crippen LogP contribution in [0.25, 0.3) is 0 Å². The lowest BCUT2D eigenvalue weighted by Gasteiger charge is -2.00. The fourth-order valence-corrected chi connectivity index (χ4v) is 1.60. The van der Waals surface area contributed by atoms with E-state index in [0.29, 0.717) is 24.6 Å². The third-order valence-corrected chi connectivity index (χ3v) is 2.47. The van der Waals surface area contributed by atoms with Gasteiger partial charge in [0.15, 0.2) is 5.82 Å². The molecule has 0 amide bonds. The van der Waals surface area contributed by atoms with E-state index in [-0.39, 0.29) is 11.9 Å². The van der Waals surface area contributed by atoms with Crippen molar-refractivity contribution >= 4 is 0 Å². The minimum Gasteiger partial charge on any atom is -0.338 e. The molecule has 2 N–H and O–H groups in total. The van der Waals surface area contributed by atoms with Crippen LogP contribution in [0, 0.1) is 5.82 Å². The van der Waals surface area contributed by atoms with Gasteiger partial charge in [0.2, 0.25) is 5.89 Å². The third kappa shape index (κ3) is 3.01. The Bertz CT molecular complexity index is 539. The van der Waals surface area contributed by atoms with Crippen molar-refractivity contribution in [2.75, 3.05) is 0 Å². The zero-order valence-corrected chi connectivity index (χ0v) is 9.84. The molecule has 0 aliphatic carbocycles. The van der Waals surface area contributed by atoms with Gasteiger partial charge >= 0.3 is 0 Å². The second-order valence-electron chi connectivity index (χ2n) is 3.99. The summed E-state index contributed by atoms with van der Waals surface area (Å²) in [5, 5.41) is 3.82. The molecule has 0 spiro atoms. The average molecular weight is 247 g/mol. The fraction of sp³-hybridized carbons (Fsp3) is 0.231. The van der Waals surface area contributed by atoms with Crippen molar-refractivity contribution in [3.63, 3.8) is 0 Å². The van der Waals surface area contributed by atoms with Crippen LogP contribution in [0.1, 0.15) is 29.7 Å². The van der Waals surface area contributed by atoms with Crippen LogP contribution < -0.4 is 5.73 Å². The highest BCUT2D eigenvalue weighted by Gasteiger charge is 2.13. The van der Waals surface area contributed by atoms with Crippen LogP contribution in [0.2, 0.25) is 0 Å². The first-order valence-electron chi connectivity index (χ1n) is 5.62. The monoisotopic (exact) mass is 247 g/mol. The van der Waals surface area contributed by atoms with Gasteiger partial charge in [0, 0.05) is 6.42 Å². The molecule has 0 fully saturated rings. The Morgan fingerprint density at radius 3 is 3.06 bits per heavy atom. The van der Waals surface area contributed by atoms with Crippen molar-refractivity contribution in [2.45, 2.75) is 18.9 Å². The largest absolute Gasteiger partial charge is 0.338 e. The van der Waals surface area contributed by atoms with Crippen molar-refractivity contribution in [1.82, 2.24) is 10.1 Å². The average Bonchev–Trinajstić information content (AvgIpc) is 2.78. The van der Waals surface area contributed by atoms with Crippen LogP contribution in [0.3, 0.4) is 0 Å². The number of aromatic nitrogens is 2. The van der Waals surface area contributed by atoms with Crippen molar-refractivity contribution in [3.05, 3.63) is 60.0 Å². The maximum Gasteiger partial charge on any atom is 0.243 e. The van der Waals surface area contributed by atoms with E-state index in [9.17, 15) is 4.39 Å². The van der Waals surface area contributed by atoms with Crippen LogP contribution in [0.5, 0.6) is 0 Å². The second-order valence-corrected chi connectivity index (χ2v) is 3.99. The first-order chi connectivity index (χ1) is 8.69. The zero-order chi connectivity index (χ0) is 13.0. The predicted octanol–water partition coefficient (Wildman–Crippen LogP) is 2.38. The first kappa shape index (κ1) is 12.4. The van der Waals surface area contributed by atoms with E-state index >= 15 is 0 Å². The van der Waals surface area contributed by atoms with Crippen LogP contribution in [0.4, 0.5) is 4.39 Å². The Balaban J connectivity index is 2.09. The number of rotatable bonds is 5. The molecule has 1 heterocycles. The molecule has 0 saturated heterocycles. The minimum absolute atomic E-state index is 0.278. The van der Waals surface area contributed by atoms with Gasteiger partial charge in [-0.25, -0.2) is 4.39 Å². The van der Waals surface area contributed by atoms with Crippen molar-refractivity contribution in [2.24, 2.45) is 5.73 Å². The molecule has 4 nitrogen and oxygen atoms in total. The van der Waals surface area contributed by atoms with Crippen LogP contribution in [0.15, 0.2) is 41.4 Å². The summed E-state index contributed by atoms with van der Waals surface area (Å²) >= 11 is 0. The molecule has 0 aliphatic rings. The molecule has 2 rings (SSSR count). The minimum atomic E-state index is -0.337. The molecule has 0 bridgehead atoms. The molecule has 0 radical (unpaired) electrons. The Morgan fingerprint density at radius 2 is 2.33 bits per heavy atom. The SMILES string of the molecule is C=CCC(N)c1nc(Cc2cccc(F)c2)no1. The molecule has 0 aliphatic heterocycles. The highest BCUT2D eigenvalue weighted by molar-refractivity contribution is 5.19. The summed E-state index contributed by atoms with van der Waals surface area (Å²) in [4.78, 5) is 4.18. The molecule has 1 unspecified atom stereocenters. The van der Waals surface area contributed by atoms with E-state index in [1.54, 1.807) is 12.1 Å². The molecule has 1 aromatic carbocycles. The molecule has 5 heteroatoms. The van der Waals surface area contributed by atoms with E-state index in [4.69, 9.17) is 10.3 Å². The van der Waals surface area contributed by atoms with E-state index in [0.717, 1.165) is 5.56 Å². The Kier molecular flexibility index (Phi) is 3.84. The predicted molar refractivity (Wildman–Crippen MR) is 65.2 cm³/mol. The Morgan fingerprint density at radius 1 is 1.50 bits per heavy atom. The lowest BCUT2D eigenvalue weighted by molar-refractivity contribution is 0.352. The smallest absolute Gasteiger partial charge is 0.243 e. The Labute approximate surface area is 104 Å². The summed E-state index contributed by atoms with van der Waals surface area (Å²) in [5.74, 6) is 0.594. The number of halogens is 1. The molecule has 1 aromatic heterocycles. The van der Waals surface area contributed by atoms with Gasteiger partial charge in [-0.3, -0.25) is 0 Å². The lowest BCUT2D eigenvalue weighted by atomic mass is 10.1. The summed E-state index contributed by atoms with van der Waals surface area (Å²) in [6.07, 6.45) is 2.69. The van der Waals surface area contributed by atoms with Gasteiger partial charge in [0.1, 0.15) is 5.82 Å². The van der Waals surface area contributed by atoms with Crippen molar-refractivity contribution < 1.29 is 8.91 Å². The summed E-state index contributed by atoms with van der Waals surface area (Å²) in [5.41, 5.74) is 6.60. The molecule has 18 heavy (non-hydrogen) atoms. The van der Waals surface area contributed by atoms with E-state index in [2.05, 4.69) is 16.7 Å². The standard InChI is InChI=1S/C13H14FN3O/c1-2-4-11(15)13-16-12(17-18-13)8-9-5-3-6-10(14)7-9/h2-3,5-7,11H,1,4,8,15H2. The molecule has 2 aromatic rings. The normalized spacial score (nSPS) is 12.3. The quantitative estimate of drug-likeness (QED) is 0.824. The zero-order valence-electron chi connectivity index (χ0n) is 9.84. The number of hydrogen-bond acceptors (Lipinski definition) is 4. The molecular formula is C13H14FN3O. The summed E-state index contributed by atoms with van der Waals surface area (Å²) < 4.78 is 18.1. The van der Waals surface area contributed by atoms with Gasteiger partial charge in [0.25, 0.3) is 0 Å². The summed E-state index contributed by atoms with van der Waals surface area (Å²) in [6.45, 7) is 3.60. The van der Waals surface area contributed by atoms with E-state index < -0.39 is 0 Å². The number of benzene rings is 1. The molecule has 1 atom stereocenters. The fourth-order valence-electron chi connectivity index (χ4n) is 1.60. The second kappa shape index (κ2) is 5.55. The van der Waals surface area contributed by atoms with E-state index in [1.165, 1.54) is 12.1 Å². The van der Waals surface area contributed by atoms with Crippen LogP contribution in [-0.4, -0.2) is 10.1 Å². The van der Waals surface area contributed by atoms with Crippen LogP contribution in [-0.2, 0) is 6.42 Å². The van der Waals surface area contributed by atoms with Gasteiger partial charge in [-0.2, -0.15) is 4.98 Å². The van der Waals surface area contributed by atoms with Crippen molar-refractivity contribution in [3.8, 4) is 0 Å². The third-order valence-electron chi connectivity index (χ3n) is 2.47. The summed E-state index contributed by atoms with van der Waals surface area (Å²) in [7, 11) is 0. The maximum absolute atomic E-state index is 13.0. The molecule has 94 valence electrons. The Hall–Kier alpha value is -2.01.